The minimum atomic E-state index is -1.17. The van der Waals surface area contributed by atoms with Gasteiger partial charge in [0.05, 0.1) is 0 Å². The molecule has 0 saturated heterocycles. The van der Waals surface area contributed by atoms with Crippen molar-refractivity contribution in [2.24, 2.45) is 5.34 Å². The Kier molecular flexibility index (Phi) is 13.9. The van der Waals surface area contributed by atoms with Crippen LogP contribution in [0, 0.1) is 4.91 Å². The molecule has 0 aromatic rings. The zero-order valence-corrected chi connectivity index (χ0v) is 11.1. The summed E-state index contributed by atoms with van der Waals surface area (Å²) in [5, 5.41) is 9.79. The van der Waals surface area contributed by atoms with E-state index in [4.69, 9.17) is 16.7 Å². The van der Waals surface area contributed by atoms with Crippen LogP contribution in [-0.2, 0) is 9.63 Å². The number of carboxylic acid groups (broad SMARTS) is 1. The molecule has 0 amide bonds. The van der Waals surface area contributed by atoms with Gasteiger partial charge in [0, 0.05) is 0 Å². The summed E-state index contributed by atoms with van der Waals surface area (Å²) in [6.07, 6.45) is 5.78. The third kappa shape index (κ3) is 17.5. The Morgan fingerprint density at radius 2 is 2.00 bits per heavy atom. The van der Waals surface area contributed by atoms with Gasteiger partial charge in [-0.3, -0.25) is 0 Å². The van der Waals surface area contributed by atoms with E-state index in [1.807, 2.05) is 6.92 Å². The molecule has 0 aromatic heterocycles. The van der Waals surface area contributed by atoms with Crippen LogP contribution in [0.25, 0.3) is 0 Å². The van der Waals surface area contributed by atoms with Crippen LogP contribution < -0.4 is 0 Å². The smallest absolute Gasteiger partial charge is 0.346 e. The molecule has 6 heteroatoms. The van der Waals surface area contributed by atoms with Gasteiger partial charge in [0.2, 0.25) is 0 Å². The Bertz CT molecular complexity index is 222. The number of rotatable bonds is 8. The van der Waals surface area contributed by atoms with E-state index in [9.17, 15) is 9.70 Å². The molecular weight excluding hydrogens is 246 g/mol. The van der Waals surface area contributed by atoms with Gasteiger partial charge >= 0.3 is 5.97 Å². The fraction of sp³-hybridized carbons (Fsp3) is 0.727. The summed E-state index contributed by atoms with van der Waals surface area (Å²) in [6, 6.07) is 0. The van der Waals surface area contributed by atoms with Crippen LogP contribution in [0.5, 0.6) is 0 Å². The normalized spacial score (nSPS) is 10.8. The summed E-state index contributed by atoms with van der Waals surface area (Å²) in [4.78, 5) is 23.6. The van der Waals surface area contributed by atoms with Crippen molar-refractivity contribution >= 4 is 17.6 Å². The van der Waals surface area contributed by atoms with Crippen molar-refractivity contribution in [3.05, 3.63) is 16.5 Å². The maximum absolute atomic E-state index is 9.63. The van der Waals surface area contributed by atoms with Crippen LogP contribution in [0.15, 0.2) is 17.0 Å². The molecule has 0 rings (SSSR count). The van der Waals surface area contributed by atoms with Crippen LogP contribution in [0.3, 0.4) is 0 Å². The second-order valence-electron chi connectivity index (χ2n) is 3.55. The van der Waals surface area contributed by atoms with Crippen molar-refractivity contribution in [1.29, 1.82) is 0 Å². The molecule has 0 heterocycles. The first-order valence-electron chi connectivity index (χ1n) is 5.51. The number of unbranched alkanes of at least 4 members (excludes halogenated alkanes) is 3. The molecule has 0 aliphatic rings. The highest BCUT2D eigenvalue weighted by atomic mass is 35.5. The number of nitrogens with zero attached hydrogens (tertiary/aromatic N) is 1. The minimum absolute atomic E-state index is 0.00986. The van der Waals surface area contributed by atoms with E-state index in [0.29, 0.717) is 0 Å². The van der Waals surface area contributed by atoms with Gasteiger partial charge in [-0.15, -0.1) is 4.91 Å². The van der Waals surface area contributed by atoms with Crippen molar-refractivity contribution in [3.63, 3.8) is 0 Å². The Morgan fingerprint density at radius 3 is 2.35 bits per heavy atom. The van der Waals surface area contributed by atoms with Gasteiger partial charge in [0.15, 0.2) is 5.34 Å². The Hall–Kier alpha value is -1.10. The molecule has 0 aliphatic carbocycles. The van der Waals surface area contributed by atoms with Gasteiger partial charge in [0.1, 0.15) is 11.1 Å². The van der Waals surface area contributed by atoms with Gasteiger partial charge in [-0.25, -0.2) is 4.79 Å². The van der Waals surface area contributed by atoms with Gasteiger partial charge in [-0.1, -0.05) is 44.4 Å². The third-order valence-corrected chi connectivity index (χ3v) is 2.08. The van der Waals surface area contributed by atoms with Crippen LogP contribution in [0.1, 0.15) is 46.0 Å². The number of hydrogen-bond acceptors (Lipinski definition) is 4. The first-order valence-corrected chi connectivity index (χ1v) is 5.89. The molecule has 0 saturated carbocycles. The van der Waals surface area contributed by atoms with Crippen molar-refractivity contribution in [2.45, 2.75) is 52.1 Å². The average molecular weight is 266 g/mol. The number of carboxylic acids is 1. The SMILES string of the molecule is C=C(Cl)C(=O)O.CCCCCCC(C)ON=O. The number of carbonyl (C=O) groups is 1. The average Bonchev–Trinajstić information content (AvgIpc) is 2.25. The topological polar surface area (TPSA) is 76.0 Å². The molecule has 0 spiro atoms. The molecule has 0 fully saturated rings. The highest BCUT2D eigenvalue weighted by Crippen LogP contribution is 2.07. The molecule has 17 heavy (non-hydrogen) atoms. The molecule has 1 unspecified atom stereocenters. The summed E-state index contributed by atoms with van der Waals surface area (Å²) in [6.45, 7) is 6.96. The lowest BCUT2D eigenvalue weighted by molar-refractivity contribution is -0.131. The second kappa shape index (κ2) is 13.0. The number of aliphatic carboxylic acids is 1. The van der Waals surface area contributed by atoms with Crippen molar-refractivity contribution in [1.82, 2.24) is 0 Å². The zero-order valence-electron chi connectivity index (χ0n) is 10.3. The fourth-order valence-corrected chi connectivity index (χ4v) is 0.985. The second-order valence-corrected chi connectivity index (χ2v) is 4.01. The molecular formula is C11H20ClNO4. The molecule has 0 radical (unpaired) electrons. The number of halogens is 1. The quantitative estimate of drug-likeness (QED) is 0.313. The third-order valence-electron chi connectivity index (χ3n) is 1.92. The predicted octanol–water partition coefficient (Wildman–Crippen LogP) is 3.87. The van der Waals surface area contributed by atoms with Gasteiger partial charge in [-0.05, 0) is 19.8 Å². The van der Waals surface area contributed by atoms with Gasteiger partial charge in [-0.2, -0.15) is 0 Å². The fourth-order valence-electron chi connectivity index (χ4n) is 0.985. The van der Waals surface area contributed by atoms with E-state index < -0.39 is 5.97 Å². The molecule has 0 aliphatic heterocycles. The Balaban J connectivity index is 0. The summed E-state index contributed by atoms with van der Waals surface area (Å²) in [5.41, 5.74) is 0. The van der Waals surface area contributed by atoms with Gasteiger partial charge < -0.3 is 9.94 Å². The first kappa shape index (κ1) is 18.3. The van der Waals surface area contributed by atoms with Crippen molar-refractivity contribution in [3.8, 4) is 0 Å². The summed E-state index contributed by atoms with van der Waals surface area (Å²) >= 11 is 4.82. The lowest BCUT2D eigenvalue weighted by Gasteiger charge is -2.05. The molecule has 0 aromatic carbocycles. The number of hydrogen-bond donors (Lipinski definition) is 1. The maximum Gasteiger partial charge on any atom is 0.346 e. The highest BCUT2D eigenvalue weighted by Gasteiger charge is 2.00. The van der Waals surface area contributed by atoms with E-state index in [2.05, 4.69) is 23.7 Å². The predicted molar refractivity (Wildman–Crippen MR) is 67.7 cm³/mol. The standard InChI is InChI=1S/C8H17NO2.C3H3ClO2/c1-3-4-5-6-7-8(2)11-9-10;1-2(4)3(5)6/h8H,3-7H2,1-2H3;1H2,(H,5,6). The molecule has 1 atom stereocenters. The van der Waals surface area contributed by atoms with Crippen molar-refractivity contribution < 1.29 is 14.7 Å². The van der Waals surface area contributed by atoms with Crippen LogP contribution in [0.4, 0.5) is 0 Å². The summed E-state index contributed by atoms with van der Waals surface area (Å²) in [7, 11) is 0. The summed E-state index contributed by atoms with van der Waals surface area (Å²) in [5.74, 6) is -1.17. The Labute approximate surface area is 107 Å². The van der Waals surface area contributed by atoms with Crippen molar-refractivity contribution in [2.75, 3.05) is 0 Å². The summed E-state index contributed by atoms with van der Waals surface area (Å²) < 4.78 is 0. The van der Waals surface area contributed by atoms with Crippen LogP contribution >= 0.6 is 11.6 Å². The molecule has 5 nitrogen and oxygen atoms in total. The Morgan fingerprint density at radius 1 is 1.47 bits per heavy atom. The van der Waals surface area contributed by atoms with E-state index in [0.717, 1.165) is 12.8 Å². The highest BCUT2D eigenvalue weighted by molar-refractivity contribution is 6.40. The lowest BCUT2D eigenvalue weighted by Crippen LogP contribution is -2.02. The minimum Gasteiger partial charge on any atom is -0.477 e. The van der Waals surface area contributed by atoms with E-state index >= 15 is 0 Å². The lowest BCUT2D eigenvalue weighted by atomic mass is 10.1. The van der Waals surface area contributed by atoms with E-state index in [-0.39, 0.29) is 11.1 Å². The van der Waals surface area contributed by atoms with Crippen LogP contribution in [-0.4, -0.2) is 17.2 Å². The monoisotopic (exact) mass is 265 g/mol. The first-order chi connectivity index (χ1) is 7.95. The van der Waals surface area contributed by atoms with E-state index in [1.54, 1.807) is 0 Å². The molecule has 1 N–H and O–H groups in total. The van der Waals surface area contributed by atoms with Gasteiger partial charge in [0.25, 0.3) is 0 Å². The molecule has 0 bridgehead atoms. The maximum atomic E-state index is 9.63. The van der Waals surface area contributed by atoms with Crippen LogP contribution in [0.2, 0.25) is 0 Å². The molecule has 100 valence electrons. The largest absolute Gasteiger partial charge is 0.477 e. The van der Waals surface area contributed by atoms with E-state index in [1.165, 1.54) is 19.3 Å². The zero-order chi connectivity index (χ0) is 13.7.